The third-order valence-electron chi connectivity index (χ3n) is 1.57. The summed E-state index contributed by atoms with van der Waals surface area (Å²) in [4.78, 5) is 25.8. The molecule has 0 aromatic carbocycles. The van der Waals surface area contributed by atoms with Gasteiger partial charge in [0.2, 0.25) is 5.95 Å². The number of anilines is 1. The number of ether oxygens (including phenoxy) is 1. The number of nitrogens with zero attached hydrogens (tertiary/aromatic N) is 2. The van der Waals surface area contributed by atoms with Crippen LogP contribution in [0.15, 0.2) is 6.33 Å². The Morgan fingerprint density at radius 1 is 1.56 bits per heavy atom. The topological polar surface area (TPSA) is 109 Å². The number of urea groups is 1. The zero-order valence-corrected chi connectivity index (χ0v) is 8.82. The number of carbonyl (C=O) groups is 2. The van der Waals surface area contributed by atoms with E-state index >= 15 is 0 Å². The number of aromatic amines is 1. The highest BCUT2D eigenvalue weighted by molar-refractivity contribution is 5.87. The van der Waals surface area contributed by atoms with Crippen LogP contribution in [0.5, 0.6) is 0 Å². The van der Waals surface area contributed by atoms with Gasteiger partial charge in [0.15, 0.2) is 0 Å². The van der Waals surface area contributed by atoms with Crippen molar-refractivity contribution < 1.29 is 14.3 Å². The number of H-pyrrole nitrogens is 1. The fraction of sp³-hybridized carbons (Fsp3) is 0.500. The first-order valence-corrected chi connectivity index (χ1v) is 4.78. The molecule has 8 heteroatoms. The predicted molar refractivity (Wildman–Crippen MR) is 54.7 cm³/mol. The normalized spacial score (nSPS) is 9.56. The predicted octanol–water partition coefficient (Wildman–Crippen LogP) is -0.121. The molecule has 3 N–H and O–H groups in total. The van der Waals surface area contributed by atoms with Crippen LogP contribution in [0.1, 0.15) is 13.3 Å². The lowest BCUT2D eigenvalue weighted by Crippen LogP contribution is -2.31. The van der Waals surface area contributed by atoms with Crippen molar-refractivity contribution in [2.24, 2.45) is 0 Å². The van der Waals surface area contributed by atoms with Crippen LogP contribution in [-0.4, -0.2) is 40.3 Å². The summed E-state index contributed by atoms with van der Waals surface area (Å²) in [5, 5.41) is 10.9. The molecule has 1 heterocycles. The van der Waals surface area contributed by atoms with Gasteiger partial charge >= 0.3 is 12.0 Å². The Morgan fingerprint density at radius 3 is 3.00 bits per heavy atom. The van der Waals surface area contributed by atoms with E-state index in [2.05, 4.69) is 25.8 Å². The molecule has 0 fully saturated rings. The Hall–Kier alpha value is -2.12. The number of rotatable bonds is 5. The number of carbonyl (C=O) groups excluding carboxylic acids is 2. The Bertz CT molecular complexity index is 337. The molecule has 2 amide bonds. The van der Waals surface area contributed by atoms with E-state index in [0.29, 0.717) is 6.61 Å². The van der Waals surface area contributed by atoms with E-state index in [4.69, 9.17) is 4.74 Å². The summed E-state index contributed by atoms with van der Waals surface area (Å²) >= 11 is 0. The molecule has 0 aliphatic rings. The molecule has 0 spiro atoms. The maximum absolute atomic E-state index is 11.2. The minimum atomic E-state index is -0.457. The van der Waals surface area contributed by atoms with Gasteiger partial charge in [-0.3, -0.25) is 10.1 Å². The van der Waals surface area contributed by atoms with Crippen molar-refractivity contribution in [1.29, 1.82) is 0 Å². The van der Waals surface area contributed by atoms with E-state index in [1.165, 1.54) is 6.33 Å². The van der Waals surface area contributed by atoms with Gasteiger partial charge < -0.3 is 10.1 Å². The molecule has 0 saturated carbocycles. The number of amides is 2. The Labute approximate surface area is 91.8 Å². The number of nitrogens with one attached hydrogen (secondary N) is 3. The molecule has 0 unspecified atom stereocenters. The van der Waals surface area contributed by atoms with Crippen LogP contribution in [0.4, 0.5) is 10.7 Å². The summed E-state index contributed by atoms with van der Waals surface area (Å²) in [5.74, 6) is -0.101. The molecular formula is C8H13N5O3. The maximum Gasteiger partial charge on any atom is 0.321 e. The van der Waals surface area contributed by atoms with E-state index in [-0.39, 0.29) is 24.9 Å². The first-order chi connectivity index (χ1) is 7.72. The van der Waals surface area contributed by atoms with Gasteiger partial charge in [0.1, 0.15) is 6.33 Å². The largest absolute Gasteiger partial charge is 0.466 e. The molecule has 88 valence electrons. The number of esters is 1. The first-order valence-electron chi connectivity index (χ1n) is 4.78. The Balaban J connectivity index is 2.13. The van der Waals surface area contributed by atoms with E-state index in [0.717, 1.165) is 0 Å². The summed E-state index contributed by atoms with van der Waals surface area (Å²) in [6.07, 6.45) is 1.41. The van der Waals surface area contributed by atoms with Gasteiger partial charge in [0, 0.05) is 6.54 Å². The van der Waals surface area contributed by atoms with E-state index in [1.807, 2.05) is 0 Å². The van der Waals surface area contributed by atoms with E-state index < -0.39 is 6.03 Å². The third-order valence-corrected chi connectivity index (χ3v) is 1.57. The van der Waals surface area contributed by atoms with Crippen molar-refractivity contribution in [1.82, 2.24) is 20.5 Å². The summed E-state index contributed by atoms with van der Waals surface area (Å²) in [6, 6.07) is -0.457. The number of hydrogen-bond donors (Lipinski definition) is 3. The molecule has 0 atom stereocenters. The molecule has 1 rings (SSSR count). The second-order valence-corrected chi connectivity index (χ2v) is 2.77. The van der Waals surface area contributed by atoms with Crippen molar-refractivity contribution in [3.05, 3.63) is 6.33 Å². The molecule has 8 nitrogen and oxygen atoms in total. The lowest BCUT2D eigenvalue weighted by Gasteiger charge is -2.04. The van der Waals surface area contributed by atoms with Gasteiger partial charge in [0.25, 0.3) is 0 Å². The van der Waals surface area contributed by atoms with Crippen molar-refractivity contribution in [2.75, 3.05) is 18.5 Å². The highest BCUT2D eigenvalue weighted by Crippen LogP contribution is 1.91. The molecule has 0 bridgehead atoms. The van der Waals surface area contributed by atoms with Crippen LogP contribution in [0.2, 0.25) is 0 Å². The summed E-state index contributed by atoms with van der Waals surface area (Å²) in [6.45, 7) is 2.27. The van der Waals surface area contributed by atoms with Gasteiger partial charge in [-0.1, -0.05) is 0 Å². The van der Waals surface area contributed by atoms with Crippen molar-refractivity contribution in [3.63, 3.8) is 0 Å². The first kappa shape index (κ1) is 12.0. The lowest BCUT2D eigenvalue weighted by molar-refractivity contribution is -0.142. The van der Waals surface area contributed by atoms with E-state index in [1.54, 1.807) is 6.92 Å². The summed E-state index contributed by atoms with van der Waals surface area (Å²) in [5.41, 5.74) is 0. The number of aromatic nitrogens is 3. The fourth-order valence-corrected chi connectivity index (χ4v) is 0.929. The van der Waals surface area contributed by atoms with Crippen LogP contribution < -0.4 is 10.6 Å². The average Bonchev–Trinajstić information content (AvgIpc) is 2.70. The minimum absolute atomic E-state index is 0.137. The molecule has 1 aromatic rings. The van der Waals surface area contributed by atoms with Gasteiger partial charge in [-0.05, 0) is 6.92 Å². The smallest absolute Gasteiger partial charge is 0.321 e. The van der Waals surface area contributed by atoms with Crippen LogP contribution in [0.25, 0.3) is 0 Å². The highest BCUT2D eigenvalue weighted by Gasteiger charge is 2.05. The summed E-state index contributed by atoms with van der Waals surface area (Å²) in [7, 11) is 0. The van der Waals surface area contributed by atoms with Crippen molar-refractivity contribution >= 4 is 17.9 Å². The highest BCUT2D eigenvalue weighted by atomic mass is 16.5. The fourth-order valence-electron chi connectivity index (χ4n) is 0.929. The SMILES string of the molecule is CCOC(=O)CCNC(=O)Nc1ncn[nH]1. The van der Waals surface area contributed by atoms with Crippen molar-refractivity contribution in [2.45, 2.75) is 13.3 Å². The Kier molecular flexibility index (Phi) is 4.77. The van der Waals surface area contributed by atoms with Crippen LogP contribution in [0, 0.1) is 0 Å². The van der Waals surface area contributed by atoms with Gasteiger partial charge in [-0.25, -0.2) is 9.89 Å². The second kappa shape index (κ2) is 6.38. The zero-order valence-electron chi connectivity index (χ0n) is 8.82. The molecular weight excluding hydrogens is 214 g/mol. The van der Waals surface area contributed by atoms with Crippen molar-refractivity contribution in [3.8, 4) is 0 Å². The molecule has 0 saturated heterocycles. The standard InChI is InChI=1S/C8H13N5O3/c1-2-16-6(14)3-4-9-8(15)12-7-10-5-11-13-7/h5H,2-4H2,1H3,(H3,9,10,11,12,13,15). The average molecular weight is 227 g/mol. The molecule has 0 aliphatic carbocycles. The van der Waals surface area contributed by atoms with Gasteiger partial charge in [0.05, 0.1) is 13.0 Å². The van der Waals surface area contributed by atoms with Gasteiger partial charge in [-0.15, -0.1) is 0 Å². The lowest BCUT2D eigenvalue weighted by atomic mass is 10.4. The second-order valence-electron chi connectivity index (χ2n) is 2.77. The van der Waals surface area contributed by atoms with E-state index in [9.17, 15) is 9.59 Å². The Morgan fingerprint density at radius 2 is 2.38 bits per heavy atom. The monoisotopic (exact) mass is 227 g/mol. The summed E-state index contributed by atoms with van der Waals surface area (Å²) < 4.78 is 4.69. The maximum atomic E-state index is 11.2. The molecule has 0 aliphatic heterocycles. The van der Waals surface area contributed by atoms with Crippen LogP contribution in [-0.2, 0) is 9.53 Å². The number of hydrogen-bond acceptors (Lipinski definition) is 5. The van der Waals surface area contributed by atoms with Gasteiger partial charge in [-0.2, -0.15) is 10.1 Å². The minimum Gasteiger partial charge on any atom is -0.466 e. The molecule has 1 aromatic heterocycles. The van der Waals surface area contributed by atoms with Crippen LogP contribution >= 0.6 is 0 Å². The quantitative estimate of drug-likeness (QED) is 0.607. The zero-order chi connectivity index (χ0) is 11.8. The molecule has 0 radical (unpaired) electrons. The molecule has 16 heavy (non-hydrogen) atoms. The third kappa shape index (κ3) is 4.40. The van der Waals surface area contributed by atoms with Crippen LogP contribution in [0.3, 0.4) is 0 Å².